The van der Waals surface area contributed by atoms with Crippen molar-refractivity contribution in [3.63, 3.8) is 0 Å². The van der Waals surface area contributed by atoms with Crippen molar-refractivity contribution in [2.75, 3.05) is 19.6 Å². The first kappa shape index (κ1) is 17.2. The van der Waals surface area contributed by atoms with Crippen molar-refractivity contribution in [3.8, 4) is 0 Å². The molecule has 3 rings (SSSR count). The van der Waals surface area contributed by atoms with Crippen molar-refractivity contribution in [1.82, 2.24) is 15.5 Å². The third-order valence-electron chi connectivity index (χ3n) is 4.22. The zero-order valence-electron chi connectivity index (χ0n) is 13.9. The number of amides is 2. The van der Waals surface area contributed by atoms with Crippen LogP contribution in [0.2, 0.25) is 0 Å². The first-order valence-corrected chi connectivity index (χ1v) is 8.17. The fraction of sp³-hybridized carbons (Fsp3) is 0.333. The molecule has 0 aliphatic carbocycles. The highest BCUT2D eigenvalue weighted by atomic mass is 19.1. The second-order valence-corrected chi connectivity index (χ2v) is 5.98. The number of furan rings is 1. The Kier molecular flexibility index (Phi) is 5.14. The summed E-state index contributed by atoms with van der Waals surface area (Å²) < 4.78 is 18.6. The van der Waals surface area contributed by atoms with Crippen LogP contribution in [0.25, 0.3) is 0 Å². The smallest absolute Gasteiger partial charge is 0.287 e. The van der Waals surface area contributed by atoms with Crippen LogP contribution in [-0.4, -0.2) is 42.4 Å². The highest BCUT2D eigenvalue weighted by Gasteiger charge is 2.31. The van der Waals surface area contributed by atoms with Gasteiger partial charge in [0.15, 0.2) is 5.76 Å². The highest BCUT2D eigenvalue weighted by molar-refractivity contribution is 5.95. The van der Waals surface area contributed by atoms with Gasteiger partial charge >= 0.3 is 0 Å². The van der Waals surface area contributed by atoms with Crippen molar-refractivity contribution in [1.29, 1.82) is 0 Å². The van der Waals surface area contributed by atoms with Crippen LogP contribution in [0.3, 0.4) is 0 Å². The number of carbonyl (C=O) groups excluding carboxylic acids is 2. The van der Waals surface area contributed by atoms with Gasteiger partial charge in [0.25, 0.3) is 5.91 Å². The third kappa shape index (κ3) is 3.88. The van der Waals surface area contributed by atoms with E-state index in [1.54, 1.807) is 30.0 Å². The van der Waals surface area contributed by atoms with Crippen LogP contribution in [-0.2, 0) is 4.79 Å². The minimum atomic E-state index is -0.716. The normalized spacial score (nSPS) is 18.6. The van der Waals surface area contributed by atoms with Crippen molar-refractivity contribution >= 4 is 11.8 Å². The molecule has 2 atom stereocenters. The summed E-state index contributed by atoms with van der Waals surface area (Å²) in [4.78, 5) is 26.6. The second-order valence-electron chi connectivity index (χ2n) is 5.98. The lowest BCUT2D eigenvalue weighted by atomic mass is 10.0. The summed E-state index contributed by atoms with van der Waals surface area (Å²) in [6, 6.07) is 8.39. The zero-order valence-corrected chi connectivity index (χ0v) is 13.9. The average Bonchev–Trinajstić information content (AvgIpc) is 3.16. The fourth-order valence-corrected chi connectivity index (χ4v) is 2.97. The van der Waals surface area contributed by atoms with E-state index in [1.807, 2.05) is 0 Å². The average molecular weight is 345 g/mol. The molecule has 1 saturated heterocycles. The van der Waals surface area contributed by atoms with Gasteiger partial charge in [-0.15, -0.1) is 0 Å². The number of hydrogen-bond acceptors (Lipinski definition) is 4. The topological polar surface area (TPSA) is 74.6 Å². The molecule has 1 fully saturated rings. The lowest BCUT2D eigenvalue weighted by molar-refractivity contribution is -0.136. The van der Waals surface area contributed by atoms with Gasteiger partial charge in [0.05, 0.1) is 12.3 Å². The van der Waals surface area contributed by atoms with Crippen LogP contribution >= 0.6 is 0 Å². The van der Waals surface area contributed by atoms with E-state index in [9.17, 15) is 14.0 Å². The van der Waals surface area contributed by atoms with E-state index in [0.717, 1.165) is 5.56 Å². The van der Waals surface area contributed by atoms with Gasteiger partial charge in [-0.05, 0) is 36.8 Å². The molecule has 7 heteroatoms. The predicted octanol–water partition coefficient (Wildman–Crippen LogP) is 1.71. The number of halogens is 1. The summed E-state index contributed by atoms with van der Waals surface area (Å²) in [5.74, 6) is -0.838. The number of hydrogen-bond donors (Lipinski definition) is 2. The molecule has 0 radical (unpaired) electrons. The molecule has 25 heavy (non-hydrogen) atoms. The Bertz CT molecular complexity index is 748. The monoisotopic (exact) mass is 345 g/mol. The van der Waals surface area contributed by atoms with E-state index >= 15 is 0 Å². The van der Waals surface area contributed by atoms with Crippen LogP contribution in [0.4, 0.5) is 4.39 Å². The molecule has 1 aliphatic rings. The summed E-state index contributed by atoms with van der Waals surface area (Å²) in [5.41, 5.74) is 0.727. The molecule has 0 saturated carbocycles. The molecule has 1 aromatic heterocycles. The van der Waals surface area contributed by atoms with Crippen LogP contribution in [0, 0.1) is 5.82 Å². The fourth-order valence-electron chi connectivity index (χ4n) is 2.97. The van der Waals surface area contributed by atoms with Gasteiger partial charge in [-0.1, -0.05) is 12.1 Å². The number of nitrogens with zero attached hydrogens (tertiary/aromatic N) is 1. The van der Waals surface area contributed by atoms with E-state index in [-0.39, 0.29) is 23.5 Å². The van der Waals surface area contributed by atoms with Gasteiger partial charge in [0, 0.05) is 19.6 Å². The molecule has 132 valence electrons. The molecule has 1 aliphatic heterocycles. The largest absolute Gasteiger partial charge is 0.459 e. The van der Waals surface area contributed by atoms with Crippen molar-refractivity contribution in [2.24, 2.45) is 0 Å². The van der Waals surface area contributed by atoms with Gasteiger partial charge in [-0.25, -0.2) is 4.39 Å². The van der Waals surface area contributed by atoms with Gasteiger partial charge < -0.3 is 20.0 Å². The Morgan fingerprint density at radius 3 is 2.92 bits per heavy atom. The summed E-state index contributed by atoms with van der Waals surface area (Å²) in [5, 5.41) is 5.87. The van der Waals surface area contributed by atoms with Crippen molar-refractivity contribution < 1.29 is 18.4 Å². The zero-order chi connectivity index (χ0) is 17.8. The van der Waals surface area contributed by atoms with Gasteiger partial charge in [0.2, 0.25) is 5.91 Å². The van der Waals surface area contributed by atoms with Crippen LogP contribution in [0.15, 0.2) is 47.1 Å². The molecule has 1 aromatic carbocycles. The van der Waals surface area contributed by atoms with E-state index < -0.39 is 11.9 Å². The first-order chi connectivity index (χ1) is 12.1. The van der Waals surface area contributed by atoms with E-state index in [1.165, 1.54) is 24.5 Å². The Labute approximate surface area is 145 Å². The molecule has 2 unspecified atom stereocenters. The number of carbonyl (C=O) groups is 2. The number of benzene rings is 1. The van der Waals surface area contributed by atoms with E-state index in [4.69, 9.17) is 4.42 Å². The lowest BCUT2D eigenvalue weighted by Gasteiger charge is -2.38. The molecule has 2 aromatic rings. The number of nitrogens with one attached hydrogen (secondary N) is 2. The summed E-state index contributed by atoms with van der Waals surface area (Å²) in [6.45, 7) is 3.30. The molecule has 0 spiro atoms. The quantitative estimate of drug-likeness (QED) is 0.885. The standard InChI is InChI=1S/C18H20FN3O3/c1-12(21-17(23)16-6-3-9-25-16)18(24)22-8-7-20-11-15(22)13-4-2-5-14(19)10-13/h2-6,9-10,12,15,20H,7-8,11H2,1H3,(H,21,23). The van der Waals surface area contributed by atoms with Gasteiger partial charge in [0.1, 0.15) is 11.9 Å². The minimum Gasteiger partial charge on any atom is -0.459 e. The van der Waals surface area contributed by atoms with Gasteiger partial charge in [-0.3, -0.25) is 9.59 Å². The Hall–Kier alpha value is -2.67. The molecule has 6 nitrogen and oxygen atoms in total. The Balaban J connectivity index is 1.73. The molecule has 2 heterocycles. The lowest BCUT2D eigenvalue weighted by Crippen LogP contribution is -2.54. The van der Waals surface area contributed by atoms with Crippen molar-refractivity contribution in [3.05, 3.63) is 59.8 Å². The summed E-state index contributed by atoms with van der Waals surface area (Å²) >= 11 is 0. The number of rotatable bonds is 4. The van der Waals surface area contributed by atoms with Crippen LogP contribution < -0.4 is 10.6 Å². The molecule has 0 bridgehead atoms. The maximum atomic E-state index is 13.5. The SMILES string of the molecule is CC(NC(=O)c1ccco1)C(=O)N1CCNCC1c1cccc(F)c1. The Morgan fingerprint density at radius 1 is 1.36 bits per heavy atom. The molecule has 2 amide bonds. The summed E-state index contributed by atoms with van der Waals surface area (Å²) in [6.07, 6.45) is 1.40. The minimum absolute atomic E-state index is 0.154. The molecule has 2 N–H and O–H groups in total. The molecular formula is C18H20FN3O3. The molecular weight excluding hydrogens is 325 g/mol. The third-order valence-corrected chi connectivity index (χ3v) is 4.22. The van der Waals surface area contributed by atoms with E-state index in [2.05, 4.69) is 10.6 Å². The summed E-state index contributed by atoms with van der Waals surface area (Å²) in [7, 11) is 0. The number of piperazine rings is 1. The van der Waals surface area contributed by atoms with Crippen LogP contribution in [0.5, 0.6) is 0 Å². The van der Waals surface area contributed by atoms with Gasteiger partial charge in [-0.2, -0.15) is 0 Å². The van der Waals surface area contributed by atoms with E-state index in [0.29, 0.717) is 19.6 Å². The highest BCUT2D eigenvalue weighted by Crippen LogP contribution is 2.23. The van der Waals surface area contributed by atoms with Crippen LogP contribution in [0.1, 0.15) is 29.1 Å². The second kappa shape index (κ2) is 7.48. The first-order valence-electron chi connectivity index (χ1n) is 8.17. The maximum absolute atomic E-state index is 13.5. The predicted molar refractivity (Wildman–Crippen MR) is 89.4 cm³/mol. The maximum Gasteiger partial charge on any atom is 0.287 e. The van der Waals surface area contributed by atoms with Crippen molar-refractivity contribution in [2.45, 2.75) is 19.0 Å². The Morgan fingerprint density at radius 2 is 2.20 bits per heavy atom.